The number of hydrogen-bond acceptors (Lipinski definition) is 1. The summed E-state index contributed by atoms with van der Waals surface area (Å²) in [6.45, 7) is 13.8. The van der Waals surface area contributed by atoms with Crippen molar-refractivity contribution in [1.82, 2.24) is 5.32 Å². The SMILES string of the molecule is C=C(NCC(C)CC)C(C)C. The van der Waals surface area contributed by atoms with Crippen LogP contribution in [0.1, 0.15) is 34.1 Å². The molecule has 0 aliphatic rings. The Morgan fingerprint density at radius 2 is 1.91 bits per heavy atom. The van der Waals surface area contributed by atoms with E-state index in [4.69, 9.17) is 0 Å². The predicted molar refractivity (Wildman–Crippen MR) is 51.4 cm³/mol. The Kier molecular flexibility index (Phi) is 5.01. The van der Waals surface area contributed by atoms with Gasteiger partial charge in [0.05, 0.1) is 0 Å². The molecular weight excluding hydrogens is 134 g/mol. The number of allylic oxidation sites excluding steroid dienone is 1. The van der Waals surface area contributed by atoms with E-state index in [1.165, 1.54) is 6.42 Å². The first kappa shape index (κ1) is 10.5. The van der Waals surface area contributed by atoms with Gasteiger partial charge in [0.25, 0.3) is 0 Å². The predicted octanol–water partition coefficient (Wildman–Crippen LogP) is 2.79. The van der Waals surface area contributed by atoms with Crippen molar-refractivity contribution < 1.29 is 0 Å². The molecule has 0 amide bonds. The van der Waals surface area contributed by atoms with Crippen molar-refractivity contribution in [3.63, 3.8) is 0 Å². The molecule has 1 atom stereocenters. The van der Waals surface area contributed by atoms with Gasteiger partial charge in [-0.05, 0) is 11.8 Å². The summed E-state index contributed by atoms with van der Waals surface area (Å²) in [6.07, 6.45) is 1.23. The molecule has 11 heavy (non-hydrogen) atoms. The van der Waals surface area contributed by atoms with Gasteiger partial charge in [-0.3, -0.25) is 0 Å². The van der Waals surface area contributed by atoms with E-state index in [-0.39, 0.29) is 0 Å². The van der Waals surface area contributed by atoms with Gasteiger partial charge < -0.3 is 5.32 Å². The molecule has 1 heteroatoms. The summed E-state index contributed by atoms with van der Waals surface area (Å²) in [6, 6.07) is 0. The van der Waals surface area contributed by atoms with E-state index in [0.717, 1.165) is 18.2 Å². The molecule has 66 valence electrons. The Morgan fingerprint density at radius 1 is 1.36 bits per heavy atom. The summed E-state index contributed by atoms with van der Waals surface area (Å²) < 4.78 is 0. The average Bonchev–Trinajstić information content (AvgIpc) is 1.99. The van der Waals surface area contributed by atoms with Crippen LogP contribution in [0, 0.1) is 11.8 Å². The third-order valence-electron chi connectivity index (χ3n) is 2.07. The van der Waals surface area contributed by atoms with Crippen LogP contribution in [0.5, 0.6) is 0 Å². The van der Waals surface area contributed by atoms with Crippen LogP contribution in [0.4, 0.5) is 0 Å². The van der Waals surface area contributed by atoms with Crippen molar-refractivity contribution in [1.29, 1.82) is 0 Å². The molecule has 0 saturated heterocycles. The third-order valence-corrected chi connectivity index (χ3v) is 2.07. The van der Waals surface area contributed by atoms with Gasteiger partial charge in [0, 0.05) is 12.2 Å². The molecule has 0 heterocycles. The maximum atomic E-state index is 3.95. The first-order valence-electron chi connectivity index (χ1n) is 4.50. The van der Waals surface area contributed by atoms with Gasteiger partial charge in [-0.15, -0.1) is 0 Å². The van der Waals surface area contributed by atoms with Crippen LogP contribution >= 0.6 is 0 Å². The zero-order chi connectivity index (χ0) is 8.85. The molecule has 0 aromatic heterocycles. The molecule has 0 aromatic rings. The first-order valence-corrected chi connectivity index (χ1v) is 4.50. The van der Waals surface area contributed by atoms with E-state index in [2.05, 4.69) is 39.6 Å². The number of hydrogen-bond donors (Lipinski definition) is 1. The number of nitrogens with one attached hydrogen (secondary N) is 1. The van der Waals surface area contributed by atoms with E-state index in [1.807, 2.05) is 0 Å². The molecular formula is C10H21N. The molecule has 0 bridgehead atoms. The summed E-state index contributed by atoms with van der Waals surface area (Å²) in [5.41, 5.74) is 1.16. The van der Waals surface area contributed by atoms with Crippen molar-refractivity contribution in [2.75, 3.05) is 6.54 Å². The third kappa shape index (κ3) is 4.88. The lowest BCUT2D eigenvalue weighted by Crippen LogP contribution is -2.22. The highest BCUT2D eigenvalue weighted by atomic mass is 14.9. The maximum absolute atomic E-state index is 3.95. The number of rotatable bonds is 5. The van der Waals surface area contributed by atoms with Crippen molar-refractivity contribution >= 4 is 0 Å². The van der Waals surface area contributed by atoms with Crippen LogP contribution < -0.4 is 5.32 Å². The van der Waals surface area contributed by atoms with E-state index in [9.17, 15) is 0 Å². The molecule has 0 aromatic carbocycles. The van der Waals surface area contributed by atoms with Gasteiger partial charge in [0.15, 0.2) is 0 Å². The van der Waals surface area contributed by atoms with Gasteiger partial charge in [-0.1, -0.05) is 40.7 Å². The normalized spacial score (nSPS) is 13.2. The fraction of sp³-hybridized carbons (Fsp3) is 0.800. The van der Waals surface area contributed by atoms with E-state index in [0.29, 0.717) is 5.92 Å². The lowest BCUT2D eigenvalue weighted by Gasteiger charge is -2.15. The minimum atomic E-state index is 0.555. The van der Waals surface area contributed by atoms with Crippen LogP contribution in [-0.4, -0.2) is 6.54 Å². The van der Waals surface area contributed by atoms with Crippen LogP contribution in [0.25, 0.3) is 0 Å². The van der Waals surface area contributed by atoms with Crippen LogP contribution in [0.2, 0.25) is 0 Å². The van der Waals surface area contributed by atoms with Crippen molar-refractivity contribution in [2.45, 2.75) is 34.1 Å². The molecule has 1 unspecified atom stereocenters. The van der Waals surface area contributed by atoms with E-state index >= 15 is 0 Å². The highest BCUT2D eigenvalue weighted by Gasteiger charge is 2.01. The summed E-state index contributed by atoms with van der Waals surface area (Å²) >= 11 is 0. The molecule has 0 saturated carbocycles. The summed E-state index contributed by atoms with van der Waals surface area (Å²) in [5.74, 6) is 1.31. The molecule has 1 nitrogen and oxygen atoms in total. The van der Waals surface area contributed by atoms with Crippen LogP contribution in [0.3, 0.4) is 0 Å². The zero-order valence-electron chi connectivity index (χ0n) is 8.28. The lowest BCUT2D eigenvalue weighted by atomic mass is 10.1. The molecule has 0 fully saturated rings. The second-order valence-corrected chi connectivity index (χ2v) is 3.57. The molecule has 0 rings (SSSR count). The summed E-state index contributed by atoms with van der Waals surface area (Å²) in [4.78, 5) is 0. The standard InChI is InChI=1S/C10H21N/c1-6-9(4)7-11-10(5)8(2)3/h8-9,11H,5-7H2,1-4H3. The minimum Gasteiger partial charge on any atom is -0.388 e. The second kappa shape index (κ2) is 5.22. The highest BCUT2D eigenvalue weighted by Crippen LogP contribution is 2.04. The van der Waals surface area contributed by atoms with E-state index < -0.39 is 0 Å². The Morgan fingerprint density at radius 3 is 2.27 bits per heavy atom. The summed E-state index contributed by atoms with van der Waals surface area (Å²) in [5, 5.41) is 3.34. The summed E-state index contributed by atoms with van der Waals surface area (Å²) in [7, 11) is 0. The van der Waals surface area contributed by atoms with Crippen molar-refractivity contribution in [3.8, 4) is 0 Å². The molecule has 1 N–H and O–H groups in total. The Labute approximate surface area is 70.9 Å². The van der Waals surface area contributed by atoms with Crippen LogP contribution in [0.15, 0.2) is 12.3 Å². The fourth-order valence-electron chi connectivity index (χ4n) is 0.654. The van der Waals surface area contributed by atoms with Gasteiger partial charge in [0.2, 0.25) is 0 Å². The topological polar surface area (TPSA) is 12.0 Å². The van der Waals surface area contributed by atoms with E-state index in [1.54, 1.807) is 0 Å². The zero-order valence-corrected chi connectivity index (χ0v) is 8.28. The lowest BCUT2D eigenvalue weighted by molar-refractivity contribution is 0.510. The molecule has 0 aliphatic heterocycles. The monoisotopic (exact) mass is 155 g/mol. The molecule has 0 aliphatic carbocycles. The Hall–Kier alpha value is -0.460. The largest absolute Gasteiger partial charge is 0.388 e. The average molecular weight is 155 g/mol. The Balaban J connectivity index is 3.46. The van der Waals surface area contributed by atoms with Crippen molar-refractivity contribution in [2.24, 2.45) is 11.8 Å². The molecule has 0 radical (unpaired) electrons. The van der Waals surface area contributed by atoms with Crippen molar-refractivity contribution in [3.05, 3.63) is 12.3 Å². The second-order valence-electron chi connectivity index (χ2n) is 3.57. The quantitative estimate of drug-likeness (QED) is 0.643. The van der Waals surface area contributed by atoms with Crippen LogP contribution in [-0.2, 0) is 0 Å². The smallest absolute Gasteiger partial charge is 0.0169 e. The van der Waals surface area contributed by atoms with Gasteiger partial charge >= 0.3 is 0 Å². The fourth-order valence-corrected chi connectivity index (χ4v) is 0.654. The molecule has 0 spiro atoms. The minimum absolute atomic E-state index is 0.555. The Bertz CT molecular complexity index is 116. The van der Waals surface area contributed by atoms with Gasteiger partial charge in [0.1, 0.15) is 0 Å². The highest BCUT2D eigenvalue weighted by molar-refractivity contribution is 4.94. The van der Waals surface area contributed by atoms with Gasteiger partial charge in [-0.25, -0.2) is 0 Å². The maximum Gasteiger partial charge on any atom is 0.0169 e. The van der Waals surface area contributed by atoms with Gasteiger partial charge in [-0.2, -0.15) is 0 Å². The first-order chi connectivity index (χ1) is 5.07.